The Morgan fingerprint density at radius 2 is 1.91 bits per heavy atom. The van der Waals surface area contributed by atoms with Crippen LogP contribution in [0, 0.1) is 5.92 Å². The van der Waals surface area contributed by atoms with Crippen LogP contribution in [0.15, 0.2) is 42.9 Å². The summed E-state index contributed by atoms with van der Waals surface area (Å²) in [5.74, 6) is 0.904. The van der Waals surface area contributed by atoms with Crippen LogP contribution in [0.25, 0.3) is 5.65 Å². The number of carbonyl (C=O) groups excluding carboxylic acids is 1. The Morgan fingerprint density at radius 3 is 2.68 bits per heavy atom. The number of likely N-dealkylation sites (N-methyl/N-ethyl adjacent to an activating group) is 1. The summed E-state index contributed by atoms with van der Waals surface area (Å²) in [5.41, 5.74) is 2.23. The Labute approximate surface area is 205 Å². The number of piperazine rings is 1. The molecule has 3 aromatic heterocycles. The van der Waals surface area contributed by atoms with E-state index in [4.69, 9.17) is 11.6 Å². The Bertz CT molecular complexity index is 1200. The molecule has 0 aliphatic carbocycles. The number of halogens is 1. The van der Waals surface area contributed by atoms with E-state index in [9.17, 15) is 4.79 Å². The van der Waals surface area contributed by atoms with E-state index in [-0.39, 0.29) is 11.8 Å². The summed E-state index contributed by atoms with van der Waals surface area (Å²) in [6.07, 6.45) is 5.54. The normalized spacial score (nSPS) is 20.0. The van der Waals surface area contributed by atoms with Gasteiger partial charge in [-0.1, -0.05) is 17.7 Å². The zero-order valence-electron chi connectivity index (χ0n) is 20.2. The number of aromatic nitrogens is 3. The van der Waals surface area contributed by atoms with Crippen LogP contribution in [0.5, 0.6) is 0 Å². The highest BCUT2D eigenvalue weighted by Gasteiger charge is 2.37. The molecule has 180 valence electrons. The maximum atomic E-state index is 13.1. The van der Waals surface area contributed by atoms with Crippen molar-refractivity contribution in [2.24, 2.45) is 5.92 Å². The lowest BCUT2D eigenvalue weighted by molar-refractivity contribution is -0.127. The number of pyridine rings is 2. The number of hydrogen-bond acceptors (Lipinski definition) is 6. The highest BCUT2D eigenvalue weighted by atomic mass is 35.5. The number of rotatable bonds is 5. The summed E-state index contributed by atoms with van der Waals surface area (Å²) in [5, 5.41) is 3.85. The number of carbonyl (C=O) groups is 1. The molecule has 0 bridgehead atoms. The second-order valence-electron chi connectivity index (χ2n) is 10.1. The van der Waals surface area contributed by atoms with Crippen LogP contribution in [0.2, 0.25) is 5.02 Å². The van der Waals surface area contributed by atoms with Crippen LogP contribution in [0.1, 0.15) is 26.5 Å². The summed E-state index contributed by atoms with van der Waals surface area (Å²) in [4.78, 5) is 29.0. The third-order valence-corrected chi connectivity index (χ3v) is 7.48. The van der Waals surface area contributed by atoms with Crippen LogP contribution in [0.4, 0.5) is 11.5 Å². The SMILES string of the molecule is C[C@@H]1CN(c2cc(N3CC(C(=O)NC(C)(C)c4cnc5ccccn45)C3)c(Cl)cn2)CCN1C. The average Bonchev–Trinajstić information content (AvgIpc) is 3.21. The van der Waals surface area contributed by atoms with E-state index < -0.39 is 5.54 Å². The summed E-state index contributed by atoms with van der Waals surface area (Å²) in [6, 6.07) is 8.43. The van der Waals surface area contributed by atoms with Gasteiger partial charge in [0.2, 0.25) is 5.91 Å². The summed E-state index contributed by atoms with van der Waals surface area (Å²) in [7, 11) is 2.16. The monoisotopic (exact) mass is 481 g/mol. The fourth-order valence-electron chi connectivity index (χ4n) is 4.80. The molecule has 2 aliphatic heterocycles. The van der Waals surface area contributed by atoms with E-state index in [0.717, 1.165) is 42.5 Å². The molecule has 0 unspecified atom stereocenters. The van der Waals surface area contributed by atoms with E-state index in [0.29, 0.717) is 24.2 Å². The van der Waals surface area contributed by atoms with Gasteiger partial charge in [0.15, 0.2) is 0 Å². The van der Waals surface area contributed by atoms with Crippen LogP contribution >= 0.6 is 11.6 Å². The third-order valence-electron chi connectivity index (χ3n) is 7.19. The molecule has 2 saturated heterocycles. The molecule has 0 saturated carbocycles. The van der Waals surface area contributed by atoms with Crippen LogP contribution in [0.3, 0.4) is 0 Å². The van der Waals surface area contributed by atoms with Gasteiger partial charge < -0.3 is 24.4 Å². The Kier molecular flexibility index (Phi) is 5.90. The first-order valence-corrected chi connectivity index (χ1v) is 12.2. The zero-order chi connectivity index (χ0) is 24.0. The molecule has 1 atom stereocenters. The largest absolute Gasteiger partial charge is 0.368 e. The Balaban J connectivity index is 1.24. The number of amides is 1. The van der Waals surface area contributed by atoms with E-state index in [2.05, 4.69) is 50.0 Å². The van der Waals surface area contributed by atoms with Crippen molar-refractivity contribution in [2.75, 3.05) is 49.6 Å². The number of nitrogens with zero attached hydrogens (tertiary/aromatic N) is 6. The summed E-state index contributed by atoms with van der Waals surface area (Å²) in [6.45, 7) is 10.4. The molecule has 2 aliphatic rings. The molecule has 0 radical (unpaired) electrons. The van der Waals surface area contributed by atoms with E-state index in [1.54, 1.807) is 6.20 Å². The predicted molar refractivity (Wildman–Crippen MR) is 136 cm³/mol. The minimum absolute atomic E-state index is 0.0467. The van der Waals surface area contributed by atoms with E-state index in [1.165, 1.54) is 0 Å². The van der Waals surface area contributed by atoms with Gasteiger partial charge in [-0.15, -0.1) is 0 Å². The van der Waals surface area contributed by atoms with Crippen LogP contribution < -0.4 is 15.1 Å². The lowest BCUT2D eigenvalue weighted by Crippen LogP contribution is -2.56. The molecule has 1 N–H and O–H groups in total. The van der Waals surface area contributed by atoms with Gasteiger partial charge in [-0.3, -0.25) is 4.79 Å². The van der Waals surface area contributed by atoms with Gasteiger partial charge in [-0.25, -0.2) is 9.97 Å². The first-order valence-electron chi connectivity index (χ1n) is 11.8. The van der Waals surface area contributed by atoms with Gasteiger partial charge in [0.1, 0.15) is 11.5 Å². The first kappa shape index (κ1) is 22.9. The maximum Gasteiger partial charge on any atom is 0.227 e. The molecule has 5 heterocycles. The number of imidazole rings is 1. The lowest BCUT2D eigenvalue weighted by atomic mass is 9.94. The van der Waals surface area contributed by atoms with Crippen molar-refractivity contribution in [1.29, 1.82) is 0 Å². The second kappa shape index (κ2) is 8.74. The lowest BCUT2D eigenvalue weighted by Gasteiger charge is -2.42. The van der Waals surface area contributed by atoms with Crippen molar-refractivity contribution in [1.82, 2.24) is 24.6 Å². The Morgan fingerprint density at radius 1 is 1.12 bits per heavy atom. The van der Waals surface area contributed by atoms with Crippen LogP contribution in [-0.2, 0) is 10.3 Å². The van der Waals surface area contributed by atoms with E-state index in [1.807, 2.05) is 48.8 Å². The summed E-state index contributed by atoms with van der Waals surface area (Å²) < 4.78 is 2.02. The smallest absolute Gasteiger partial charge is 0.227 e. The molecule has 0 aromatic carbocycles. The van der Waals surface area contributed by atoms with Gasteiger partial charge in [0.05, 0.1) is 40.3 Å². The van der Waals surface area contributed by atoms with Crippen molar-refractivity contribution in [3.05, 3.63) is 53.6 Å². The fourth-order valence-corrected chi connectivity index (χ4v) is 5.02. The van der Waals surface area contributed by atoms with Gasteiger partial charge >= 0.3 is 0 Å². The topological polar surface area (TPSA) is 69.0 Å². The van der Waals surface area contributed by atoms with Crippen molar-refractivity contribution in [2.45, 2.75) is 32.4 Å². The molecular weight excluding hydrogens is 450 g/mol. The summed E-state index contributed by atoms with van der Waals surface area (Å²) >= 11 is 6.51. The first-order chi connectivity index (χ1) is 16.2. The highest BCUT2D eigenvalue weighted by molar-refractivity contribution is 6.33. The minimum atomic E-state index is -0.544. The molecule has 8 nitrogen and oxygen atoms in total. The number of anilines is 2. The van der Waals surface area contributed by atoms with Crippen molar-refractivity contribution in [3.8, 4) is 0 Å². The fraction of sp³-hybridized carbons (Fsp3) is 0.480. The van der Waals surface area contributed by atoms with Gasteiger partial charge in [-0.05, 0) is 40.0 Å². The second-order valence-corrected chi connectivity index (χ2v) is 10.5. The number of nitrogens with one attached hydrogen (secondary N) is 1. The van der Waals surface area contributed by atoms with Crippen molar-refractivity contribution >= 4 is 34.7 Å². The van der Waals surface area contributed by atoms with Crippen molar-refractivity contribution in [3.63, 3.8) is 0 Å². The third kappa shape index (κ3) is 4.20. The molecule has 5 rings (SSSR count). The predicted octanol–water partition coefficient (Wildman–Crippen LogP) is 3.01. The van der Waals surface area contributed by atoms with Gasteiger partial charge in [0.25, 0.3) is 0 Å². The van der Waals surface area contributed by atoms with Gasteiger partial charge in [-0.2, -0.15) is 0 Å². The molecule has 2 fully saturated rings. The van der Waals surface area contributed by atoms with Gasteiger partial charge in [0, 0.05) is 51.0 Å². The van der Waals surface area contributed by atoms with Crippen LogP contribution in [-0.4, -0.2) is 71.0 Å². The van der Waals surface area contributed by atoms with E-state index >= 15 is 0 Å². The molecule has 9 heteroatoms. The molecule has 1 amide bonds. The number of hydrogen-bond donors (Lipinski definition) is 1. The molecular formula is C25H32ClN7O. The maximum absolute atomic E-state index is 13.1. The zero-order valence-corrected chi connectivity index (χ0v) is 21.0. The van der Waals surface area contributed by atoms with Crippen molar-refractivity contribution < 1.29 is 4.79 Å². The highest BCUT2D eigenvalue weighted by Crippen LogP contribution is 2.34. The molecule has 3 aromatic rings. The standard InChI is InChI=1S/C25H32ClN7O/c1-17-14-31(10-9-30(17)4)23-11-20(19(26)12-27-23)32-15-18(16-32)24(34)29-25(2,3)21-13-28-22-7-5-6-8-33(21)22/h5-8,11-13,17-18H,9-10,14-16H2,1-4H3,(H,29,34)/t17-/m1/s1. The Hall–Kier alpha value is -2.84. The minimum Gasteiger partial charge on any atom is -0.368 e. The quantitative estimate of drug-likeness (QED) is 0.604. The number of fused-ring (bicyclic) bond motifs is 1. The molecule has 34 heavy (non-hydrogen) atoms. The average molecular weight is 482 g/mol. The molecule has 0 spiro atoms.